The third kappa shape index (κ3) is 4.43. The van der Waals surface area contributed by atoms with Crippen molar-refractivity contribution in [3.05, 3.63) is 58.1 Å². The summed E-state index contributed by atoms with van der Waals surface area (Å²) in [5, 5.41) is 4.40. The Labute approximate surface area is 178 Å². The lowest BCUT2D eigenvalue weighted by molar-refractivity contribution is -0.133. The summed E-state index contributed by atoms with van der Waals surface area (Å²) in [7, 11) is 0. The third-order valence-electron chi connectivity index (χ3n) is 5.19. The average molecular weight is 428 g/mol. The Balaban J connectivity index is 1.37. The molecule has 1 atom stereocenters. The summed E-state index contributed by atoms with van der Waals surface area (Å²) in [6, 6.07) is 13.4. The Morgan fingerprint density at radius 2 is 2.07 bits per heavy atom. The second-order valence-corrected chi connectivity index (χ2v) is 8.75. The summed E-state index contributed by atoms with van der Waals surface area (Å²) in [6.45, 7) is 2.62. The molecule has 0 radical (unpaired) electrons. The first kappa shape index (κ1) is 19.9. The predicted molar refractivity (Wildman–Crippen MR) is 117 cm³/mol. The number of aromatic nitrogens is 1. The van der Waals surface area contributed by atoms with Crippen LogP contribution in [0.3, 0.4) is 0 Å². The lowest BCUT2D eigenvalue weighted by atomic mass is 10.2. The molecule has 2 aromatic carbocycles. The Morgan fingerprint density at radius 1 is 1.24 bits per heavy atom. The summed E-state index contributed by atoms with van der Waals surface area (Å²) >= 11 is 7.74. The van der Waals surface area contributed by atoms with Gasteiger partial charge in [0.25, 0.3) is 0 Å². The van der Waals surface area contributed by atoms with Gasteiger partial charge in [-0.3, -0.25) is 9.59 Å². The molecule has 4 rings (SSSR count). The lowest BCUT2D eigenvalue weighted by Crippen LogP contribution is -2.31. The monoisotopic (exact) mass is 427 g/mol. The van der Waals surface area contributed by atoms with Crippen LogP contribution in [0.4, 0.5) is 5.69 Å². The van der Waals surface area contributed by atoms with Gasteiger partial charge in [0.1, 0.15) is 5.01 Å². The number of halogens is 1. The topological polar surface area (TPSA) is 62.3 Å². The zero-order chi connectivity index (χ0) is 20.4. The summed E-state index contributed by atoms with van der Waals surface area (Å²) in [5.74, 6) is -0.183. The summed E-state index contributed by atoms with van der Waals surface area (Å²) < 4.78 is 1.14. The predicted octanol–water partition coefficient (Wildman–Crippen LogP) is 5.34. The first-order valence-corrected chi connectivity index (χ1v) is 10.9. The molecule has 150 valence electrons. The Hall–Kier alpha value is -2.44. The first-order valence-electron chi connectivity index (χ1n) is 9.72. The fourth-order valence-corrected chi connectivity index (χ4v) is 4.91. The normalized spacial score (nSPS) is 16.3. The van der Waals surface area contributed by atoms with Crippen LogP contribution in [0.2, 0.25) is 5.02 Å². The molecular weight excluding hydrogens is 406 g/mol. The van der Waals surface area contributed by atoms with E-state index < -0.39 is 0 Å². The van der Waals surface area contributed by atoms with Crippen LogP contribution >= 0.6 is 22.9 Å². The Bertz CT molecular complexity index is 1030. The van der Waals surface area contributed by atoms with Gasteiger partial charge in [-0.25, -0.2) is 4.98 Å². The molecule has 0 bridgehead atoms. The summed E-state index contributed by atoms with van der Waals surface area (Å²) in [5.41, 5.74) is 2.57. The highest BCUT2D eigenvalue weighted by Crippen LogP contribution is 2.36. The SMILES string of the molecule is Cc1ccc(NC(=O)CCC(=O)N2CCCC2c2nc3ccccc3s2)cc1Cl. The van der Waals surface area contributed by atoms with Crippen molar-refractivity contribution in [2.24, 2.45) is 0 Å². The smallest absolute Gasteiger partial charge is 0.224 e. The highest BCUT2D eigenvalue weighted by atomic mass is 35.5. The molecule has 1 aromatic heterocycles. The van der Waals surface area contributed by atoms with Crippen LogP contribution in [-0.4, -0.2) is 28.2 Å². The van der Waals surface area contributed by atoms with Crippen molar-refractivity contribution in [3.63, 3.8) is 0 Å². The molecule has 0 aliphatic carbocycles. The number of hydrogen-bond donors (Lipinski definition) is 1. The lowest BCUT2D eigenvalue weighted by Gasteiger charge is -2.23. The van der Waals surface area contributed by atoms with E-state index in [2.05, 4.69) is 11.4 Å². The van der Waals surface area contributed by atoms with E-state index in [9.17, 15) is 9.59 Å². The number of hydrogen-bond acceptors (Lipinski definition) is 4. The van der Waals surface area contributed by atoms with Gasteiger partial charge in [0.15, 0.2) is 0 Å². The fraction of sp³-hybridized carbons (Fsp3) is 0.318. The van der Waals surface area contributed by atoms with Gasteiger partial charge in [-0.15, -0.1) is 11.3 Å². The molecule has 5 nitrogen and oxygen atoms in total. The van der Waals surface area contributed by atoms with E-state index in [1.165, 1.54) is 0 Å². The molecule has 1 N–H and O–H groups in total. The number of nitrogens with zero attached hydrogens (tertiary/aromatic N) is 2. The number of para-hydroxylation sites is 1. The second-order valence-electron chi connectivity index (χ2n) is 7.28. The number of likely N-dealkylation sites (tertiary alicyclic amines) is 1. The van der Waals surface area contributed by atoms with E-state index in [-0.39, 0.29) is 30.7 Å². The van der Waals surface area contributed by atoms with E-state index in [4.69, 9.17) is 16.6 Å². The van der Waals surface area contributed by atoms with Gasteiger partial charge in [-0.05, 0) is 49.6 Å². The third-order valence-corrected chi connectivity index (χ3v) is 6.73. The zero-order valence-corrected chi connectivity index (χ0v) is 17.7. The molecule has 7 heteroatoms. The minimum atomic E-state index is -0.186. The minimum absolute atomic E-state index is 0.00356. The molecular formula is C22H22ClN3O2S. The number of carbonyl (C=O) groups excluding carboxylic acids is 2. The van der Waals surface area contributed by atoms with E-state index in [0.29, 0.717) is 17.3 Å². The molecule has 1 saturated heterocycles. The molecule has 0 saturated carbocycles. The zero-order valence-electron chi connectivity index (χ0n) is 16.2. The molecule has 2 amide bonds. The van der Waals surface area contributed by atoms with Gasteiger partial charge in [0.05, 0.1) is 16.3 Å². The average Bonchev–Trinajstić information content (AvgIpc) is 3.35. The maximum Gasteiger partial charge on any atom is 0.224 e. The van der Waals surface area contributed by atoms with Crippen LogP contribution in [0.5, 0.6) is 0 Å². The number of thiazole rings is 1. The van der Waals surface area contributed by atoms with Crippen molar-refractivity contribution >= 4 is 50.7 Å². The van der Waals surface area contributed by atoms with Crippen LogP contribution in [0.15, 0.2) is 42.5 Å². The molecule has 0 spiro atoms. The van der Waals surface area contributed by atoms with Gasteiger partial charge in [0.2, 0.25) is 11.8 Å². The highest BCUT2D eigenvalue weighted by Gasteiger charge is 2.32. The van der Waals surface area contributed by atoms with Gasteiger partial charge in [0, 0.05) is 30.1 Å². The van der Waals surface area contributed by atoms with Crippen molar-refractivity contribution in [1.82, 2.24) is 9.88 Å². The molecule has 1 aliphatic heterocycles. The van der Waals surface area contributed by atoms with Gasteiger partial charge >= 0.3 is 0 Å². The number of nitrogens with one attached hydrogen (secondary N) is 1. The molecule has 1 unspecified atom stereocenters. The van der Waals surface area contributed by atoms with Crippen LogP contribution in [0.1, 0.15) is 42.3 Å². The van der Waals surface area contributed by atoms with Crippen LogP contribution in [-0.2, 0) is 9.59 Å². The van der Waals surface area contributed by atoms with Crippen molar-refractivity contribution < 1.29 is 9.59 Å². The summed E-state index contributed by atoms with van der Waals surface area (Å²) in [4.78, 5) is 31.7. The van der Waals surface area contributed by atoms with E-state index >= 15 is 0 Å². The van der Waals surface area contributed by atoms with E-state index in [1.54, 1.807) is 17.4 Å². The number of carbonyl (C=O) groups is 2. The highest BCUT2D eigenvalue weighted by molar-refractivity contribution is 7.18. The van der Waals surface area contributed by atoms with Crippen molar-refractivity contribution in [2.75, 3.05) is 11.9 Å². The maximum atomic E-state index is 12.8. The number of benzene rings is 2. The number of anilines is 1. The number of rotatable bonds is 5. The number of amides is 2. The fourth-order valence-electron chi connectivity index (χ4n) is 3.61. The van der Waals surface area contributed by atoms with Gasteiger partial charge in [-0.1, -0.05) is 29.8 Å². The first-order chi connectivity index (χ1) is 14.0. The van der Waals surface area contributed by atoms with Crippen LogP contribution in [0.25, 0.3) is 10.2 Å². The second kappa shape index (κ2) is 8.51. The van der Waals surface area contributed by atoms with Crippen LogP contribution in [0, 0.1) is 6.92 Å². The van der Waals surface area contributed by atoms with Crippen LogP contribution < -0.4 is 5.32 Å². The van der Waals surface area contributed by atoms with Crippen molar-refractivity contribution in [2.45, 2.75) is 38.6 Å². The van der Waals surface area contributed by atoms with Gasteiger partial charge in [-0.2, -0.15) is 0 Å². The molecule has 2 heterocycles. The minimum Gasteiger partial charge on any atom is -0.333 e. The maximum absolute atomic E-state index is 12.8. The molecule has 1 aliphatic rings. The molecule has 1 fully saturated rings. The molecule has 29 heavy (non-hydrogen) atoms. The Morgan fingerprint density at radius 3 is 2.86 bits per heavy atom. The number of fused-ring (bicyclic) bond motifs is 1. The molecule has 3 aromatic rings. The largest absolute Gasteiger partial charge is 0.333 e. The van der Waals surface area contributed by atoms with Gasteiger partial charge < -0.3 is 10.2 Å². The summed E-state index contributed by atoms with van der Waals surface area (Å²) in [6.07, 6.45) is 2.21. The van der Waals surface area contributed by atoms with Crippen molar-refractivity contribution in [1.29, 1.82) is 0 Å². The van der Waals surface area contributed by atoms with E-state index in [0.717, 1.165) is 33.6 Å². The van der Waals surface area contributed by atoms with E-state index in [1.807, 2.05) is 42.2 Å². The standard InChI is InChI=1S/C22H22ClN3O2S/c1-14-8-9-15(13-16(14)23)24-20(27)10-11-21(28)26-12-4-6-18(26)22-25-17-5-2-3-7-19(17)29-22/h2-3,5,7-9,13,18H,4,6,10-12H2,1H3,(H,24,27). The Kier molecular flexibility index (Phi) is 5.83. The van der Waals surface area contributed by atoms with Crippen molar-refractivity contribution in [3.8, 4) is 0 Å². The number of aryl methyl sites for hydroxylation is 1. The quantitative estimate of drug-likeness (QED) is 0.597.